The first-order valence-electron chi connectivity index (χ1n) is 10.3. The van der Waals surface area contributed by atoms with E-state index in [4.69, 9.17) is 10.7 Å². The highest BCUT2D eigenvalue weighted by molar-refractivity contribution is 7.19. The minimum Gasteiger partial charge on any atom is -0.364 e. The highest BCUT2D eigenvalue weighted by Crippen LogP contribution is 2.30. The molecule has 0 radical (unpaired) electrons. The van der Waals surface area contributed by atoms with Crippen LogP contribution in [0.2, 0.25) is 0 Å². The predicted molar refractivity (Wildman–Crippen MR) is 133 cm³/mol. The summed E-state index contributed by atoms with van der Waals surface area (Å²) in [5.41, 5.74) is 10.0. The van der Waals surface area contributed by atoms with E-state index in [9.17, 15) is 9.59 Å². The van der Waals surface area contributed by atoms with Crippen LogP contribution in [0.3, 0.4) is 0 Å². The van der Waals surface area contributed by atoms with Crippen molar-refractivity contribution < 1.29 is 9.59 Å². The molecule has 3 N–H and O–H groups in total. The van der Waals surface area contributed by atoms with Gasteiger partial charge in [-0.05, 0) is 11.6 Å². The molecule has 0 saturated carbocycles. The summed E-state index contributed by atoms with van der Waals surface area (Å²) in [5.74, 6) is -0.539. The van der Waals surface area contributed by atoms with Gasteiger partial charge in [-0.3, -0.25) is 19.7 Å². The van der Waals surface area contributed by atoms with Crippen LogP contribution < -0.4 is 5.73 Å². The third kappa shape index (κ3) is 3.97. The number of carbonyl (C=O) groups is 2. The molecule has 0 aliphatic heterocycles. The Labute approximate surface area is 201 Å². The molecule has 0 spiro atoms. The normalized spacial score (nSPS) is 11.7. The molecule has 0 bridgehead atoms. The molecule has 0 aliphatic rings. The van der Waals surface area contributed by atoms with Gasteiger partial charge in [-0.15, -0.1) is 22.7 Å². The van der Waals surface area contributed by atoms with E-state index < -0.39 is 5.91 Å². The van der Waals surface area contributed by atoms with Crippen molar-refractivity contribution in [2.24, 2.45) is 17.9 Å². The van der Waals surface area contributed by atoms with Crippen molar-refractivity contribution in [3.8, 4) is 0 Å². The quantitative estimate of drug-likeness (QED) is 0.194. The number of carbonyl (C=O) groups excluding carboxylic acids is 2. The number of primary amides is 1. The Hall–Kier alpha value is -3.90. The predicted octanol–water partition coefficient (Wildman–Crippen LogP) is 2.94. The van der Waals surface area contributed by atoms with Crippen LogP contribution in [0, 0.1) is 0 Å². The number of hydrogen-bond donors (Lipinski definition) is 2. The van der Waals surface area contributed by atoms with Crippen LogP contribution in [0.4, 0.5) is 0 Å². The van der Waals surface area contributed by atoms with Gasteiger partial charge in [-0.1, -0.05) is 12.1 Å². The van der Waals surface area contributed by atoms with Crippen LogP contribution in [-0.2, 0) is 20.0 Å². The zero-order chi connectivity index (χ0) is 23.8. The first kappa shape index (κ1) is 21.9. The average Bonchev–Trinajstić information content (AvgIpc) is 3.58. The number of nitrogens with zero attached hydrogens (tertiary/aromatic N) is 6. The van der Waals surface area contributed by atoms with Gasteiger partial charge in [0.15, 0.2) is 16.9 Å². The lowest BCUT2D eigenvalue weighted by molar-refractivity contribution is 0.0999. The second-order valence-electron chi connectivity index (χ2n) is 7.73. The summed E-state index contributed by atoms with van der Waals surface area (Å²) in [6, 6.07) is 6.00. The summed E-state index contributed by atoms with van der Waals surface area (Å²) >= 11 is 2.70. The monoisotopic (exact) mass is 492 g/mol. The number of amides is 1. The lowest BCUT2D eigenvalue weighted by atomic mass is 10.1. The van der Waals surface area contributed by atoms with Gasteiger partial charge >= 0.3 is 0 Å². The molecule has 10 nitrogen and oxygen atoms in total. The molecule has 172 valence electrons. The van der Waals surface area contributed by atoms with Gasteiger partial charge in [0.25, 0.3) is 5.91 Å². The van der Waals surface area contributed by atoms with E-state index in [1.165, 1.54) is 22.7 Å². The number of thiazole rings is 2. The first-order valence-corrected chi connectivity index (χ1v) is 12.0. The summed E-state index contributed by atoms with van der Waals surface area (Å²) in [6.07, 6.45) is 4.81. The first-order chi connectivity index (χ1) is 16.4. The minimum atomic E-state index is -0.539. The Bertz CT molecular complexity index is 1560. The molecule has 0 fully saturated rings. The Balaban J connectivity index is 1.42. The molecular weight excluding hydrogens is 472 g/mol. The van der Waals surface area contributed by atoms with Gasteiger partial charge < -0.3 is 10.3 Å². The largest absolute Gasteiger partial charge is 0.364 e. The van der Waals surface area contributed by atoms with Crippen LogP contribution in [-0.4, -0.2) is 55.2 Å². The molecule has 34 heavy (non-hydrogen) atoms. The van der Waals surface area contributed by atoms with Gasteiger partial charge in [-0.25, -0.2) is 9.97 Å². The van der Waals surface area contributed by atoms with Crippen LogP contribution in [0.5, 0.6) is 0 Å². The second-order valence-corrected chi connectivity index (χ2v) is 9.67. The van der Waals surface area contributed by atoms with E-state index in [2.05, 4.69) is 20.3 Å². The van der Waals surface area contributed by atoms with E-state index in [0.29, 0.717) is 24.3 Å². The molecule has 5 aromatic rings. The lowest BCUT2D eigenvalue weighted by Crippen LogP contribution is -2.11. The van der Waals surface area contributed by atoms with E-state index in [0.717, 1.165) is 43.7 Å². The van der Waals surface area contributed by atoms with Crippen molar-refractivity contribution in [1.82, 2.24) is 29.7 Å². The summed E-state index contributed by atoms with van der Waals surface area (Å²) in [4.78, 5) is 32.1. The zero-order valence-corrected chi connectivity index (χ0v) is 20.0. The molecule has 0 unspecified atom stereocenters. The van der Waals surface area contributed by atoms with Crippen molar-refractivity contribution in [3.05, 3.63) is 62.3 Å². The lowest BCUT2D eigenvalue weighted by Gasteiger charge is -2.13. The summed E-state index contributed by atoms with van der Waals surface area (Å²) in [6.45, 7) is 0.583. The van der Waals surface area contributed by atoms with Crippen LogP contribution in [0.15, 0.2) is 34.9 Å². The van der Waals surface area contributed by atoms with E-state index >= 15 is 0 Å². The summed E-state index contributed by atoms with van der Waals surface area (Å²) < 4.78 is 2.64. The van der Waals surface area contributed by atoms with Crippen LogP contribution >= 0.6 is 22.7 Å². The maximum atomic E-state index is 11.8. The number of benzene rings is 1. The fourth-order valence-electron chi connectivity index (χ4n) is 3.78. The molecule has 4 aromatic heterocycles. The molecule has 1 aromatic carbocycles. The fraction of sp³-hybridized carbons (Fsp3) is 0.182. The Morgan fingerprint density at radius 3 is 2.97 bits per heavy atom. The minimum absolute atomic E-state index is 0.279. The smallest absolute Gasteiger partial charge is 0.277 e. The molecule has 0 aliphatic carbocycles. The number of aromatic nitrogens is 5. The van der Waals surface area contributed by atoms with E-state index in [1.54, 1.807) is 22.4 Å². The molecule has 5 rings (SSSR count). The third-order valence-corrected chi connectivity index (χ3v) is 7.40. The number of nitrogens with one attached hydrogen (secondary N) is 1. The van der Waals surface area contributed by atoms with Gasteiger partial charge in [0.05, 0.1) is 40.6 Å². The number of rotatable bonds is 8. The Kier molecular flexibility index (Phi) is 5.67. The number of aryl methyl sites for hydroxylation is 1. The highest BCUT2D eigenvalue weighted by atomic mass is 32.1. The number of aromatic amines is 1. The molecule has 4 heterocycles. The molecule has 12 heteroatoms. The topological polar surface area (TPSA) is 135 Å². The number of hydrogen-bond acceptors (Lipinski definition) is 9. The van der Waals surface area contributed by atoms with Gasteiger partial charge in [-0.2, -0.15) is 10.2 Å². The molecule has 0 atom stereocenters. The number of nitrogens with two attached hydrogens (primary N) is 1. The van der Waals surface area contributed by atoms with Crippen LogP contribution in [0.25, 0.3) is 21.3 Å². The number of aldehydes is 1. The number of H-pyrrole nitrogens is 1. The van der Waals surface area contributed by atoms with Gasteiger partial charge in [0.2, 0.25) is 0 Å². The van der Waals surface area contributed by atoms with Crippen LogP contribution in [0.1, 0.15) is 42.1 Å². The van der Waals surface area contributed by atoms with E-state index in [-0.39, 0.29) is 5.01 Å². The maximum absolute atomic E-state index is 11.8. The Morgan fingerprint density at radius 1 is 1.35 bits per heavy atom. The van der Waals surface area contributed by atoms with Gasteiger partial charge in [0, 0.05) is 36.8 Å². The van der Waals surface area contributed by atoms with Crippen molar-refractivity contribution in [2.75, 3.05) is 7.05 Å². The Morgan fingerprint density at radius 2 is 2.21 bits per heavy atom. The number of fused-ring (bicyclic) bond motifs is 2. The van der Waals surface area contributed by atoms with Gasteiger partial charge in [0.1, 0.15) is 5.01 Å². The molecule has 0 saturated heterocycles. The average molecular weight is 493 g/mol. The number of hydrazone groups is 1. The maximum Gasteiger partial charge on any atom is 0.277 e. The second kappa shape index (κ2) is 8.80. The van der Waals surface area contributed by atoms with Crippen molar-refractivity contribution in [2.45, 2.75) is 13.0 Å². The van der Waals surface area contributed by atoms with E-state index in [1.807, 2.05) is 37.3 Å². The SMILES string of the molecule is CN(Cc1cccc2[nH]ncc12)/N=C\c1c(C=O)n(C)c2nc(Cc3csc(C(N)=O)n3)sc12. The molecular formula is C22H20N8O2S2. The fourth-order valence-corrected chi connectivity index (χ4v) is 5.58. The van der Waals surface area contributed by atoms with Crippen molar-refractivity contribution in [3.63, 3.8) is 0 Å². The van der Waals surface area contributed by atoms with Crippen molar-refractivity contribution >= 4 is 62.3 Å². The highest BCUT2D eigenvalue weighted by Gasteiger charge is 2.19. The molecule has 1 amide bonds. The summed E-state index contributed by atoms with van der Waals surface area (Å²) in [7, 11) is 3.69. The van der Waals surface area contributed by atoms with Crippen molar-refractivity contribution in [1.29, 1.82) is 0 Å². The third-order valence-electron chi connectivity index (χ3n) is 5.42. The zero-order valence-electron chi connectivity index (χ0n) is 18.3. The summed E-state index contributed by atoms with van der Waals surface area (Å²) in [5, 5.41) is 17.5. The standard InChI is InChI=1S/C22H20N8O2S2/c1-29(9-12-4-3-5-16-14(12)7-24-28-16)25-8-15-17(10-31)30(2)21-19(15)34-18(27-21)6-13-11-33-22(26-13)20(23)32/h3-5,7-8,10-11H,6,9H2,1-2H3,(H2,23,32)(H,24,28)/b25-8-.